The second kappa shape index (κ2) is 3.22. The van der Waals surface area contributed by atoms with Crippen LogP contribution in [0.15, 0.2) is 24.3 Å². The van der Waals surface area contributed by atoms with Gasteiger partial charge in [-0.2, -0.15) is 0 Å². The first-order valence-corrected chi connectivity index (χ1v) is 3.04. The summed E-state index contributed by atoms with van der Waals surface area (Å²) in [5.74, 6) is 0. The number of nitrogen functional groups attached to an aromatic ring is 1. The minimum absolute atomic E-state index is 0.755. The van der Waals surface area contributed by atoms with Gasteiger partial charge in [-0.15, -0.1) is 0 Å². The number of hydrogen-bond donors (Lipinski definition) is 1. The lowest BCUT2D eigenvalue weighted by Gasteiger charge is -1.98. The maximum absolute atomic E-state index is 5.51. The molecular weight excluding hydrogens is 126 g/mol. The van der Waals surface area contributed by atoms with Crippen molar-refractivity contribution in [3.8, 4) is 0 Å². The van der Waals surface area contributed by atoms with Crippen molar-refractivity contribution in [3.05, 3.63) is 36.4 Å². The SMILES string of the molecule is CO[CH]c1cccc(N)c1. The van der Waals surface area contributed by atoms with E-state index in [-0.39, 0.29) is 0 Å². The molecule has 0 fully saturated rings. The molecule has 0 atom stereocenters. The van der Waals surface area contributed by atoms with Gasteiger partial charge < -0.3 is 10.5 Å². The van der Waals surface area contributed by atoms with Crippen LogP contribution in [-0.2, 0) is 4.74 Å². The third kappa shape index (κ3) is 1.74. The molecule has 0 bridgehead atoms. The van der Waals surface area contributed by atoms with Crippen LogP contribution >= 0.6 is 0 Å². The van der Waals surface area contributed by atoms with E-state index >= 15 is 0 Å². The molecule has 0 unspecified atom stereocenters. The molecule has 0 saturated heterocycles. The van der Waals surface area contributed by atoms with E-state index in [2.05, 4.69) is 0 Å². The first kappa shape index (κ1) is 7.09. The Bertz CT molecular complexity index is 210. The van der Waals surface area contributed by atoms with Crippen molar-refractivity contribution in [3.63, 3.8) is 0 Å². The number of nitrogens with two attached hydrogens (primary N) is 1. The number of benzene rings is 1. The molecule has 0 aliphatic rings. The standard InChI is InChI=1S/C8H10NO/c1-10-6-7-3-2-4-8(9)5-7/h2-6H,9H2,1H3. The molecule has 2 nitrogen and oxygen atoms in total. The molecule has 0 aliphatic heterocycles. The molecule has 53 valence electrons. The summed E-state index contributed by atoms with van der Waals surface area (Å²) < 4.78 is 4.80. The van der Waals surface area contributed by atoms with Gasteiger partial charge in [0, 0.05) is 12.8 Å². The van der Waals surface area contributed by atoms with E-state index < -0.39 is 0 Å². The van der Waals surface area contributed by atoms with E-state index in [0.717, 1.165) is 11.3 Å². The van der Waals surface area contributed by atoms with Gasteiger partial charge in [0.05, 0.1) is 0 Å². The van der Waals surface area contributed by atoms with E-state index in [1.807, 2.05) is 24.3 Å². The van der Waals surface area contributed by atoms with Crippen molar-refractivity contribution in [2.75, 3.05) is 12.8 Å². The molecule has 1 radical (unpaired) electrons. The lowest BCUT2D eigenvalue weighted by molar-refractivity contribution is 0.292. The first-order valence-electron chi connectivity index (χ1n) is 3.04. The number of rotatable bonds is 2. The van der Waals surface area contributed by atoms with Gasteiger partial charge in [0.15, 0.2) is 0 Å². The average molecular weight is 136 g/mol. The summed E-state index contributed by atoms with van der Waals surface area (Å²) in [4.78, 5) is 0. The predicted molar refractivity (Wildman–Crippen MR) is 41.3 cm³/mol. The zero-order valence-electron chi connectivity index (χ0n) is 5.87. The van der Waals surface area contributed by atoms with E-state index in [4.69, 9.17) is 10.5 Å². The van der Waals surface area contributed by atoms with E-state index in [1.165, 1.54) is 0 Å². The Morgan fingerprint density at radius 2 is 2.30 bits per heavy atom. The second-order valence-corrected chi connectivity index (χ2v) is 2.02. The molecule has 0 aliphatic carbocycles. The summed E-state index contributed by atoms with van der Waals surface area (Å²) in [6.45, 7) is 1.65. The van der Waals surface area contributed by atoms with Crippen molar-refractivity contribution in [2.45, 2.75) is 0 Å². The minimum Gasteiger partial charge on any atom is -0.399 e. The molecule has 0 heterocycles. The summed E-state index contributed by atoms with van der Waals surface area (Å²) in [6, 6.07) is 7.51. The van der Waals surface area contributed by atoms with Crippen LogP contribution in [0.3, 0.4) is 0 Å². The minimum atomic E-state index is 0.755. The Kier molecular flexibility index (Phi) is 2.29. The van der Waals surface area contributed by atoms with Crippen LogP contribution in [0.5, 0.6) is 0 Å². The molecule has 0 aromatic heterocycles. The molecule has 10 heavy (non-hydrogen) atoms. The molecular formula is C8H10NO. The Labute approximate surface area is 60.6 Å². The van der Waals surface area contributed by atoms with Crippen LogP contribution in [0.2, 0.25) is 0 Å². The van der Waals surface area contributed by atoms with Gasteiger partial charge in [0.2, 0.25) is 0 Å². The normalized spacial score (nSPS) is 9.70. The third-order valence-corrected chi connectivity index (χ3v) is 1.16. The number of anilines is 1. The van der Waals surface area contributed by atoms with Gasteiger partial charge in [-0.25, -0.2) is 0 Å². The molecule has 0 saturated carbocycles. The fourth-order valence-electron chi connectivity index (χ4n) is 0.768. The average Bonchev–Trinajstić information content (AvgIpc) is 1.88. The molecule has 1 rings (SSSR count). The van der Waals surface area contributed by atoms with Crippen LogP contribution in [0, 0.1) is 6.61 Å². The van der Waals surface area contributed by atoms with Gasteiger partial charge >= 0.3 is 0 Å². The maximum Gasteiger partial charge on any atom is 0.112 e. The van der Waals surface area contributed by atoms with Crippen LogP contribution in [-0.4, -0.2) is 7.11 Å². The van der Waals surface area contributed by atoms with Crippen molar-refractivity contribution in [1.82, 2.24) is 0 Å². The molecule has 2 N–H and O–H groups in total. The summed E-state index contributed by atoms with van der Waals surface area (Å²) in [5.41, 5.74) is 7.26. The van der Waals surface area contributed by atoms with E-state index in [0.29, 0.717) is 0 Å². The summed E-state index contributed by atoms with van der Waals surface area (Å²) in [6.07, 6.45) is 0. The number of methoxy groups -OCH3 is 1. The summed E-state index contributed by atoms with van der Waals surface area (Å²) in [5, 5.41) is 0. The number of hydrogen-bond acceptors (Lipinski definition) is 2. The Morgan fingerprint density at radius 3 is 2.90 bits per heavy atom. The Hall–Kier alpha value is -1.02. The highest BCUT2D eigenvalue weighted by Crippen LogP contribution is 2.07. The molecule has 0 amide bonds. The highest BCUT2D eigenvalue weighted by atomic mass is 16.5. The zero-order chi connectivity index (χ0) is 7.40. The topological polar surface area (TPSA) is 35.2 Å². The fraction of sp³-hybridized carbons (Fsp3) is 0.125. The van der Waals surface area contributed by atoms with Crippen molar-refractivity contribution >= 4 is 5.69 Å². The summed E-state index contributed by atoms with van der Waals surface area (Å²) >= 11 is 0. The third-order valence-electron chi connectivity index (χ3n) is 1.16. The van der Waals surface area contributed by atoms with E-state index in [1.54, 1.807) is 13.7 Å². The lowest BCUT2D eigenvalue weighted by atomic mass is 10.2. The monoisotopic (exact) mass is 136 g/mol. The first-order chi connectivity index (χ1) is 4.83. The van der Waals surface area contributed by atoms with Gasteiger partial charge in [-0.05, 0) is 17.7 Å². The molecule has 2 heteroatoms. The van der Waals surface area contributed by atoms with Crippen molar-refractivity contribution < 1.29 is 4.74 Å². The maximum atomic E-state index is 5.51. The van der Waals surface area contributed by atoms with Crippen LogP contribution in [0.1, 0.15) is 5.56 Å². The lowest BCUT2D eigenvalue weighted by Crippen LogP contribution is -1.87. The highest BCUT2D eigenvalue weighted by molar-refractivity contribution is 5.42. The second-order valence-electron chi connectivity index (χ2n) is 2.02. The largest absolute Gasteiger partial charge is 0.399 e. The van der Waals surface area contributed by atoms with Crippen LogP contribution < -0.4 is 5.73 Å². The summed E-state index contributed by atoms with van der Waals surface area (Å²) in [7, 11) is 1.61. The quantitative estimate of drug-likeness (QED) is 0.624. The number of ether oxygens (including phenoxy) is 1. The fourth-order valence-corrected chi connectivity index (χ4v) is 0.768. The van der Waals surface area contributed by atoms with Crippen LogP contribution in [0.4, 0.5) is 5.69 Å². The van der Waals surface area contributed by atoms with Crippen molar-refractivity contribution in [2.24, 2.45) is 0 Å². The molecule has 1 aromatic carbocycles. The Morgan fingerprint density at radius 1 is 1.50 bits per heavy atom. The van der Waals surface area contributed by atoms with Gasteiger partial charge in [0.1, 0.15) is 6.61 Å². The van der Waals surface area contributed by atoms with Crippen molar-refractivity contribution in [1.29, 1.82) is 0 Å². The highest BCUT2D eigenvalue weighted by Gasteiger charge is 1.90. The van der Waals surface area contributed by atoms with Crippen LogP contribution in [0.25, 0.3) is 0 Å². The molecule has 1 aromatic rings. The zero-order valence-corrected chi connectivity index (χ0v) is 5.87. The smallest absolute Gasteiger partial charge is 0.112 e. The van der Waals surface area contributed by atoms with E-state index in [9.17, 15) is 0 Å². The van der Waals surface area contributed by atoms with Gasteiger partial charge in [-0.1, -0.05) is 12.1 Å². The predicted octanol–water partition coefficient (Wildman–Crippen LogP) is 1.43. The Balaban J connectivity index is 2.75. The van der Waals surface area contributed by atoms with Gasteiger partial charge in [0.25, 0.3) is 0 Å². The molecule has 0 spiro atoms. The van der Waals surface area contributed by atoms with Gasteiger partial charge in [-0.3, -0.25) is 0 Å².